The highest BCUT2D eigenvalue weighted by molar-refractivity contribution is 5.95. The molecule has 0 aliphatic carbocycles. The van der Waals surface area contributed by atoms with Crippen LogP contribution in [-0.2, 0) is 38.5 Å². The number of carbonyl (C=O) groups is 2. The van der Waals surface area contributed by atoms with E-state index in [0.717, 1.165) is 27.8 Å². The van der Waals surface area contributed by atoms with Gasteiger partial charge < -0.3 is 15.2 Å². The van der Waals surface area contributed by atoms with Crippen LogP contribution >= 0.6 is 0 Å². The SMILES string of the molecule is CCCc1c(OCCCCN(C=O)C(=O)[C@](C)(N)c2ccc3ccccc3c2)ccc2c1COC2(C(F)(F)F)C(F)(F)F. The van der Waals surface area contributed by atoms with Crippen LogP contribution in [-0.4, -0.2) is 42.7 Å². The first-order valence-corrected chi connectivity index (χ1v) is 13.8. The fraction of sp³-hybridized carbons (Fsp3) is 0.419. The average molecular weight is 611 g/mol. The first kappa shape index (κ1) is 32.3. The fourth-order valence-corrected chi connectivity index (χ4v) is 5.42. The number of unbranched alkanes of at least 4 members (excludes halogenated alkanes) is 1. The highest BCUT2D eigenvalue weighted by atomic mass is 19.4. The highest BCUT2D eigenvalue weighted by Gasteiger charge is 2.75. The molecule has 3 aromatic rings. The third-order valence-electron chi connectivity index (χ3n) is 7.73. The number of hydrogen-bond acceptors (Lipinski definition) is 5. The Balaban J connectivity index is 1.42. The highest BCUT2D eigenvalue weighted by Crippen LogP contribution is 2.58. The van der Waals surface area contributed by atoms with E-state index < -0.39 is 41.6 Å². The molecular weight excluding hydrogens is 578 g/mol. The maximum absolute atomic E-state index is 13.7. The zero-order chi connectivity index (χ0) is 31.6. The van der Waals surface area contributed by atoms with Crippen molar-refractivity contribution >= 4 is 23.1 Å². The van der Waals surface area contributed by atoms with E-state index in [1.165, 1.54) is 6.92 Å². The van der Waals surface area contributed by atoms with Gasteiger partial charge in [-0.1, -0.05) is 55.8 Å². The van der Waals surface area contributed by atoms with Gasteiger partial charge >= 0.3 is 12.4 Å². The summed E-state index contributed by atoms with van der Waals surface area (Å²) in [6, 6.07) is 14.8. The van der Waals surface area contributed by atoms with Crippen molar-refractivity contribution in [2.75, 3.05) is 13.2 Å². The first-order valence-electron chi connectivity index (χ1n) is 13.8. The number of imide groups is 1. The first-order chi connectivity index (χ1) is 20.2. The number of hydrogen-bond donors (Lipinski definition) is 1. The normalized spacial score (nSPS) is 16.0. The summed E-state index contributed by atoms with van der Waals surface area (Å²) in [5, 5.41) is 1.86. The number of ether oxygens (including phenoxy) is 2. The van der Waals surface area contributed by atoms with Gasteiger partial charge in [0.05, 0.1) is 13.2 Å². The summed E-state index contributed by atoms with van der Waals surface area (Å²) in [7, 11) is 0. The molecule has 1 heterocycles. The molecule has 0 radical (unpaired) electrons. The van der Waals surface area contributed by atoms with Gasteiger partial charge in [0.1, 0.15) is 11.3 Å². The van der Waals surface area contributed by atoms with Crippen LogP contribution < -0.4 is 10.5 Å². The minimum Gasteiger partial charge on any atom is -0.493 e. The van der Waals surface area contributed by atoms with Crippen molar-refractivity contribution < 1.29 is 45.4 Å². The second-order valence-corrected chi connectivity index (χ2v) is 10.7. The van der Waals surface area contributed by atoms with Crippen LogP contribution in [0.5, 0.6) is 5.75 Å². The molecule has 0 fully saturated rings. The number of halogens is 6. The molecule has 0 saturated heterocycles. The minimum atomic E-state index is -5.71. The van der Waals surface area contributed by atoms with Crippen LogP contribution in [0, 0.1) is 0 Å². The Morgan fingerprint density at radius 2 is 1.70 bits per heavy atom. The summed E-state index contributed by atoms with van der Waals surface area (Å²) >= 11 is 0. The van der Waals surface area contributed by atoms with Gasteiger partial charge in [0.25, 0.3) is 11.5 Å². The lowest BCUT2D eigenvalue weighted by atomic mass is 9.87. The zero-order valence-corrected chi connectivity index (χ0v) is 23.6. The van der Waals surface area contributed by atoms with Gasteiger partial charge in [-0.05, 0) is 60.2 Å². The molecule has 2 N–H and O–H groups in total. The van der Waals surface area contributed by atoms with E-state index in [9.17, 15) is 35.9 Å². The number of alkyl halides is 6. The Labute approximate surface area is 244 Å². The van der Waals surface area contributed by atoms with Crippen molar-refractivity contribution in [2.45, 2.75) is 69.6 Å². The van der Waals surface area contributed by atoms with E-state index in [0.29, 0.717) is 31.2 Å². The number of carbonyl (C=O) groups excluding carboxylic acids is 2. The lowest BCUT2D eigenvalue weighted by Gasteiger charge is -2.33. The van der Waals surface area contributed by atoms with Gasteiger partial charge in [0.2, 0.25) is 6.41 Å². The maximum atomic E-state index is 13.7. The summed E-state index contributed by atoms with van der Waals surface area (Å²) in [6.45, 7) is 2.50. The molecule has 0 bridgehead atoms. The van der Waals surface area contributed by atoms with Crippen molar-refractivity contribution in [1.29, 1.82) is 0 Å². The van der Waals surface area contributed by atoms with Gasteiger partial charge in [-0.3, -0.25) is 14.5 Å². The molecule has 0 saturated carbocycles. The molecule has 1 aliphatic rings. The number of nitrogens with zero attached hydrogens (tertiary/aromatic N) is 1. The number of fused-ring (bicyclic) bond motifs is 2. The summed E-state index contributed by atoms with van der Waals surface area (Å²) in [6.07, 6.45) is -9.73. The molecule has 12 heteroatoms. The number of nitrogens with two attached hydrogens (primary N) is 1. The fourth-order valence-electron chi connectivity index (χ4n) is 5.42. The lowest BCUT2D eigenvalue weighted by Crippen LogP contribution is -2.53. The molecule has 232 valence electrons. The number of benzene rings is 3. The van der Waals surface area contributed by atoms with Crippen molar-refractivity contribution in [3.63, 3.8) is 0 Å². The summed E-state index contributed by atoms with van der Waals surface area (Å²) in [5.74, 6) is -0.432. The molecule has 3 aromatic carbocycles. The van der Waals surface area contributed by atoms with Crippen molar-refractivity contribution in [1.82, 2.24) is 4.90 Å². The minimum absolute atomic E-state index is 0.0333. The standard InChI is InChI=1S/C31H32F6N2O4/c1-3-8-23-24-18-43-29(30(32,33)34,31(35,36)37)25(24)13-14-26(23)42-16-7-6-15-39(19-40)27(41)28(2,38)22-12-11-20-9-4-5-10-21(20)17-22/h4-5,9-14,17,19H,3,6-8,15-16,18,38H2,1-2H3/t28-/m1/s1. The van der Waals surface area contributed by atoms with E-state index in [2.05, 4.69) is 4.74 Å². The molecule has 6 nitrogen and oxygen atoms in total. The topological polar surface area (TPSA) is 81.9 Å². The molecular formula is C31H32F6N2O4. The van der Waals surface area contributed by atoms with E-state index in [1.807, 2.05) is 30.3 Å². The molecule has 43 heavy (non-hydrogen) atoms. The summed E-state index contributed by atoms with van der Waals surface area (Å²) in [5.41, 5.74) is 0.132. The monoisotopic (exact) mass is 610 g/mol. The van der Waals surface area contributed by atoms with Crippen LogP contribution in [0.15, 0.2) is 54.6 Å². The van der Waals surface area contributed by atoms with Gasteiger partial charge in [-0.2, -0.15) is 26.3 Å². The summed E-state index contributed by atoms with van der Waals surface area (Å²) < 4.78 is 92.7. The van der Waals surface area contributed by atoms with Crippen LogP contribution in [0.1, 0.15) is 55.4 Å². The Hall–Kier alpha value is -3.64. The number of rotatable bonds is 11. The van der Waals surface area contributed by atoms with Gasteiger partial charge in [0, 0.05) is 17.7 Å². The van der Waals surface area contributed by atoms with Crippen LogP contribution in [0.3, 0.4) is 0 Å². The Bertz CT molecular complexity index is 1470. The predicted octanol–water partition coefficient (Wildman–Crippen LogP) is 6.66. The quantitative estimate of drug-likeness (QED) is 0.149. The lowest BCUT2D eigenvalue weighted by molar-refractivity contribution is -0.385. The molecule has 0 aromatic heterocycles. The van der Waals surface area contributed by atoms with E-state index in [-0.39, 0.29) is 36.4 Å². The van der Waals surface area contributed by atoms with Gasteiger partial charge in [-0.15, -0.1) is 0 Å². The van der Waals surface area contributed by atoms with Crippen LogP contribution in [0.2, 0.25) is 0 Å². The van der Waals surface area contributed by atoms with Gasteiger partial charge in [-0.25, -0.2) is 0 Å². The Kier molecular flexibility index (Phi) is 9.13. The van der Waals surface area contributed by atoms with E-state index in [4.69, 9.17) is 10.5 Å². The zero-order valence-electron chi connectivity index (χ0n) is 23.6. The Morgan fingerprint density at radius 3 is 2.33 bits per heavy atom. The molecule has 1 aliphatic heterocycles. The molecule has 4 rings (SSSR count). The second-order valence-electron chi connectivity index (χ2n) is 10.7. The Morgan fingerprint density at radius 1 is 1.02 bits per heavy atom. The molecule has 2 amide bonds. The van der Waals surface area contributed by atoms with Crippen molar-refractivity contribution in [3.8, 4) is 5.75 Å². The largest absolute Gasteiger partial charge is 0.493 e. The van der Waals surface area contributed by atoms with Crippen LogP contribution in [0.25, 0.3) is 10.8 Å². The van der Waals surface area contributed by atoms with E-state index >= 15 is 0 Å². The predicted molar refractivity (Wildman–Crippen MR) is 147 cm³/mol. The number of amides is 2. The van der Waals surface area contributed by atoms with E-state index in [1.54, 1.807) is 19.1 Å². The summed E-state index contributed by atoms with van der Waals surface area (Å²) in [4.78, 5) is 26.0. The van der Waals surface area contributed by atoms with Crippen molar-refractivity contribution in [3.05, 3.63) is 76.9 Å². The van der Waals surface area contributed by atoms with Crippen molar-refractivity contribution in [2.24, 2.45) is 5.73 Å². The third kappa shape index (κ3) is 5.95. The second kappa shape index (κ2) is 12.2. The molecule has 0 spiro atoms. The van der Waals surface area contributed by atoms with Crippen LogP contribution in [0.4, 0.5) is 26.3 Å². The van der Waals surface area contributed by atoms with Gasteiger partial charge in [0.15, 0.2) is 0 Å². The maximum Gasteiger partial charge on any atom is 0.430 e. The molecule has 1 atom stereocenters. The molecule has 0 unspecified atom stereocenters. The average Bonchev–Trinajstić information content (AvgIpc) is 3.37. The smallest absolute Gasteiger partial charge is 0.430 e. The third-order valence-corrected chi connectivity index (χ3v) is 7.73.